The van der Waals surface area contributed by atoms with Crippen LogP contribution >= 0.6 is 0 Å². The first-order chi connectivity index (χ1) is 14.1. The summed E-state index contributed by atoms with van der Waals surface area (Å²) in [6.45, 7) is 4.97. The highest BCUT2D eigenvalue weighted by atomic mass is 16.5. The van der Waals surface area contributed by atoms with E-state index in [1.54, 1.807) is 18.3 Å². The van der Waals surface area contributed by atoms with Crippen molar-refractivity contribution in [3.63, 3.8) is 0 Å². The predicted octanol–water partition coefficient (Wildman–Crippen LogP) is 2.83. The fourth-order valence-electron chi connectivity index (χ4n) is 4.29. The van der Waals surface area contributed by atoms with Gasteiger partial charge in [0.2, 0.25) is 5.91 Å². The molecule has 0 aliphatic carbocycles. The maximum absolute atomic E-state index is 12.7. The zero-order valence-corrected chi connectivity index (χ0v) is 17.2. The number of quaternary nitrogens is 1. The van der Waals surface area contributed by atoms with Crippen molar-refractivity contribution < 1.29 is 18.8 Å². The van der Waals surface area contributed by atoms with E-state index in [2.05, 4.69) is 23.5 Å². The minimum absolute atomic E-state index is 0.0328. The maximum atomic E-state index is 12.7. The van der Waals surface area contributed by atoms with E-state index in [0.29, 0.717) is 13.0 Å². The highest BCUT2D eigenvalue weighted by Crippen LogP contribution is 2.23. The molecule has 2 heterocycles. The Labute approximate surface area is 171 Å². The lowest BCUT2D eigenvalue weighted by molar-refractivity contribution is -0.918. The van der Waals surface area contributed by atoms with Crippen LogP contribution in [0.1, 0.15) is 35.6 Å². The van der Waals surface area contributed by atoms with Gasteiger partial charge in [0, 0.05) is 29.4 Å². The van der Waals surface area contributed by atoms with Gasteiger partial charge in [0.05, 0.1) is 39.4 Å². The summed E-state index contributed by atoms with van der Waals surface area (Å²) in [5.41, 5.74) is 4.17. The van der Waals surface area contributed by atoms with Crippen molar-refractivity contribution in [3.8, 4) is 5.75 Å². The van der Waals surface area contributed by atoms with E-state index in [9.17, 15) is 4.79 Å². The van der Waals surface area contributed by atoms with Crippen molar-refractivity contribution in [2.24, 2.45) is 0 Å². The molecule has 29 heavy (non-hydrogen) atoms. The molecule has 152 valence electrons. The van der Waals surface area contributed by atoms with Gasteiger partial charge in [-0.1, -0.05) is 12.1 Å². The Kier molecular flexibility index (Phi) is 5.86. The number of rotatable bonds is 7. The van der Waals surface area contributed by atoms with Crippen LogP contribution in [-0.2, 0) is 11.2 Å². The fourth-order valence-corrected chi connectivity index (χ4v) is 4.29. The molecular formula is C24H29N2O3+. The molecule has 1 saturated heterocycles. The van der Waals surface area contributed by atoms with Gasteiger partial charge in [-0.15, -0.1) is 0 Å². The van der Waals surface area contributed by atoms with E-state index >= 15 is 0 Å². The third-order valence-corrected chi connectivity index (χ3v) is 5.92. The number of carbonyl (C=O) groups is 1. The second kappa shape index (κ2) is 8.70. The second-order valence-corrected chi connectivity index (χ2v) is 7.93. The van der Waals surface area contributed by atoms with Crippen molar-refractivity contribution in [2.75, 3.05) is 26.7 Å². The van der Waals surface area contributed by atoms with Gasteiger partial charge in [0.25, 0.3) is 0 Å². The molecule has 0 unspecified atom stereocenters. The summed E-state index contributed by atoms with van der Waals surface area (Å²) >= 11 is 0. The number of furan rings is 1. The van der Waals surface area contributed by atoms with Gasteiger partial charge in [-0.3, -0.25) is 4.79 Å². The normalized spacial score (nSPS) is 15.5. The number of ether oxygens (including phenoxy) is 1. The molecule has 1 aliphatic rings. The minimum Gasteiger partial charge on any atom is -0.497 e. The van der Waals surface area contributed by atoms with Crippen molar-refractivity contribution in [1.29, 1.82) is 0 Å². The number of hydrogen-bond donors (Lipinski definition) is 2. The number of likely N-dealkylation sites (tertiary alicyclic amines) is 1. The predicted molar refractivity (Wildman–Crippen MR) is 113 cm³/mol. The van der Waals surface area contributed by atoms with Crippen LogP contribution in [0.15, 0.2) is 53.1 Å². The molecule has 4 rings (SSSR count). The molecule has 1 aliphatic heterocycles. The molecule has 1 aromatic heterocycles. The van der Waals surface area contributed by atoms with E-state index < -0.39 is 0 Å². The van der Waals surface area contributed by atoms with E-state index in [-0.39, 0.29) is 11.9 Å². The molecule has 3 aromatic rings. The van der Waals surface area contributed by atoms with Gasteiger partial charge in [0.1, 0.15) is 17.4 Å². The first-order valence-electron chi connectivity index (χ1n) is 10.4. The third kappa shape index (κ3) is 4.46. The van der Waals surface area contributed by atoms with E-state index in [0.717, 1.165) is 40.9 Å². The summed E-state index contributed by atoms with van der Waals surface area (Å²) < 4.78 is 10.9. The Morgan fingerprint density at radius 1 is 1.17 bits per heavy atom. The average molecular weight is 394 g/mol. The van der Waals surface area contributed by atoms with E-state index in [4.69, 9.17) is 9.15 Å². The minimum atomic E-state index is 0.0328. The fraction of sp³-hybridized carbons (Fsp3) is 0.375. The van der Waals surface area contributed by atoms with Crippen LogP contribution < -0.4 is 15.0 Å². The molecule has 1 fully saturated rings. The molecule has 0 saturated carbocycles. The summed E-state index contributed by atoms with van der Waals surface area (Å²) in [6.07, 6.45) is 4.53. The lowest BCUT2D eigenvalue weighted by Crippen LogP contribution is -3.11. The number of methoxy groups -OCH3 is 1. The summed E-state index contributed by atoms with van der Waals surface area (Å²) in [7, 11) is 1.68. The van der Waals surface area contributed by atoms with Crippen LogP contribution in [0.2, 0.25) is 0 Å². The zero-order valence-electron chi connectivity index (χ0n) is 17.2. The van der Waals surface area contributed by atoms with Crippen LogP contribution in [0.3, 0.4) is 0 Å². The maximum Gasteiger partial charge on any atom is 0.224 e. The van der Waals surface area contributed by atoms with Crippen LogP contribution in [0.4, 0.5) is 0 Å². The summed E-state index contributed by atoms with van der Waals surface area (Å²) in [5, 5.41) is 4.18. The average Bonchev–Trinajstić information content (AvgIpc) is 3.39. The first kappa shape index (κ1) is 19.5. The molecule has 0 radical (unpaired) electrons. The Bertz CT molecular complexity index is 971. The highest BCUT2D eigenvalue weighted by Gasteiger charge is 2.28. The Hall–Kier alpha value is -2.79. The first-order valence-corrected chi connectivity index (χ1v) is 10.4. The lowest BCUT2D eigenvalue weighted by atomic mass is 10.0. The van der Waals surface area contributed by atoms with Gasteiger partial charge in [-0.25, -0.2) is 0 Å². The van der Waals surface area contributed by atoms with Gasteiger partial charge >= 0.3 is 0 Å². The molecule has 0 spiro atoms. The van der Waals surface area contributed by atoms with Crippen LogP contribution in [0, 0.1) is 6.92 Å². The largest absolute Gasteiger partial charge is 0.497 e. The van der Waals surface area contributed by atoms with Crippen LogP contribution in [-0.4, -0.2) is 32.7 Å². The Morgan fingerprint density at radius 3 is 2.66 bits per heavy atom. The standard InChI is InChI=1S/C24H28N2O3/c1-17-5-10-21-19(16-29-23(21)13-17)14-24(27)25-15-22(26-11-3-4-12-26)18-6-8-20(28-2)9-7-18/h5-10,13,16,22H,3-4,11-12,14-15H2,1-2H3,(H,25,27)/p+1/t22-/m0/s1. The molecule has 5 heteroatoms. The van der Waals surface area contributed by atoms with Crippen molar-refractivity contribution in [2.45, 2.75) is 32.2 Å². The van der Waals surface area contributed by atoms with Crippen molar-refractivity contribution in [3.05, 3.63) is 65.4 Å². The van der Waals surface area contributed by atoms with Gasteiger partial charge < -0.3 is 19.4 Å². The number of nitrogens with one attached hydrogen (secondary N) is 2. The Balaban J connectivity index is 1.43. The molecule has 2 aromatic carbocycles. The second-order valence-electron chi connectivity index (χ2n) is 7.93. The summed E-state index contributed by atoms with van der Waals surface area (Å²) in [4.78, 5) is 14.2. The zero-order chi connectivity index (χ0) is 20.2. The molecule has 5 nitrogen and oxygen atoms in total. The topological polar surface area (TPSA) is 55.9 Å². The Morgan fingerprint density at radius 2 is 1.93 bits per heavy atom. The molecule has 2 N–H and O–H groups in total. The van der Waals surface area contributed by atoms with E-state index in [1.807, 2.05) is 31.2 Å². The number of hydrogen-bond acceptors (Lipinski definition) is 3. The number of aryl methyl sites for hydroxylation is 1. The van der Waals surface area contributed by atoms with Gasteiger partial charge in [-0.2, -0.15) is 0 Å². The molecule has 0 bridgehead atoms. The summed E-state index contributed by atoms with van der Waals surface area (Å²) in [5.74, 6) is 0.889. The van der Waals surface area contributed by atoms with Crippen molar-refractivity contribution >= 4 is 16.9 Å². The number of carbonyl (C=O) groups excluding carboxylic acids is 1. The number of benzene rings is 2. The quantitative estimate of drug-likeness (QED) is 0.649. The molecule has 1 atom stereocenters. The molecule has 1 amide bonds. The van der Waals surface area contributed by atoms with Gasteiger partial charge in [0.15, 0.2) is 0 Å². The third-order valence-electron chi connectivity index (χ3n) is 5.92. The highest BCUT2D eigenvalue weighted by molar-refractivity contribution is 5.87. The number of amides is 1. The van der Waals surface area contributed by atoms with Crippen LogP contribution in [0.25, 0.3) is 11.0 Å². The van der Waals surface area contributed by atoms with E-state index in [1.165, 1.54) is 18.4 Å². The lowest BCUT2D eigenvalue weighted by Gasteiger charge is -2.25. The smallest absolute Gasteiger partial charge is 0.224 e. The van der Waals surface area contributed by atoms with Crippen LogP contribution in [0.5, 0.6) is 5.75 Å². The monoisotopic (exact) mass is 393 g/mol. The van der Waals surface area contributed by atoms with Gasteiger partial charge in [-0.05, 0) is 42.8 Å². The summed E-state index contributed by atoms with van der Waals surface area (Å²) in [6, 6.07) is 14.6. The number of fused-ring (bicyclic) bond motifs is 1. The SMILES string of the molecule is COc1ccc([C@H](CNC(=O)Cc2coc3cc(C)ccc23)[NH+]2CCCC2)cc1. The van der Waals surface area contributed by atoms with Crippen molar-refractivity contribution in [1.82, 2.24) is 5.32 Å². The molecular weight excluding hydrogens is 364 g/mol.